The highest BCUT2D eigenvalue weighted by Crippen LogP contribution is 1.97. The van der Waals surface area contributed by atoms with E-state index in [4.69, 9.17) is 5.11 Å². The summed E-state index contributed by atoms with van der Waals surface area (Å²) < 4.78 is 1.85. The summed E-state index contributed by atoms with van der Waals surface area (Å²) in [5.74, 6) is 0.174. The first-order valence-electron chi connectivity index (χ1n) is 1.68. The first-order valence-corrected chi connectivity index (χ1v) is 2.62. The Morgan fingerprint density at radius 1 is 1.67 bits per heavy atom. The van der Waals surface area contributed by atoms with Crippen LogP contribution >= 0.6 is 11.9 Å². The number of aliphatic hydroxyl groups is 1. The molecule has 3 heteroatoms. The van der Waals surface area contributed by atoms with Gasteiger partial charge in [0.15, 0.2) is 0 Å². The number of rotatable bonds is 2. The normalized spacial score (nSPS) is 10.0. The standard InChI is InChI=1S/C3H9NOS/c1-4(2)6-3-5/h5H,3H2,1-2H3. The zero-order valence-corrected chi connectivity index (χ0v) is 4.83. The molecule has 38 valence electrons. The Labute approximate surface area is 42.3 Å². The molecular weight excluding hydrogens is 98.1 g/mol. The molecular formula is C3H9NOS. The molecule has 0 fully saturated rings. The van der Waals surface area contributed by atoms with Crippen LogP contribution in [0.2, 0.25) is 0 Å². The van der Waals surface area contributed by atoms with Crippen LogP contribution in [-0.4, -0.2) is 29.4 Å². The average molecular weight is 107 g/mol. The van der Waals surface area contributed by atoms with Crippen molar-refractivity contribution >= 4 is 11.9 Å². The van der Waals surface area contributed by atoms with Crippen molar-refractivity contribution in [3.63, 3.8) is 0 Å². The number of hydrogen-bond donors (Lipinski definition) is 1. The van der Waals surface area contributed by atoms with E-state index in [1.54, 1.807) is 0 Å². The fourth-order valence-corrected chi connectivity index (χ4v) is 0.346. The molecule has 0 aromatic heterocycles. The van der Waals surface area contributed by atoms with Crippen molar-refractivity contribution in [2.45, 2.75) is 0 Å². The highest BCUT2D eigenvalue weighted by molar-refractivity contribution is 7.96. The second kappa shape index (κ2) is 3.46. The average Bonchev–Trinajstić information content (AvgIpc) is 1.35. The van der Waals surface area contributed by atoms with E-state index in [2.05, 4.69) is 0 Å². The fraction of sp³-hybridized carbons (Fsp3) is 1.00. The first kappa shape index (κ1) is 6.27. The van der Waals surface area contributed by atoms with Crippen LogP contribution in [0.5, 0.6) is 0 Å². The van der Waals surface area contributed by atoms with Crippen LogP contribution in [0.15, 0.2) is 0 Å². The third-order valence-electron chi connectivity index (χ3n) is 0.316. The summed E-state index contributed by atoms with van der Waals surface area (Å²) in [6.07, 6.45) is 0. The van der Waals surface area contributed by atoms with Crippen LogP contribution in [-0.2, 0) is 0 Å². The molecule has 0 atom stereocenters. The van der Waals surface area contributed by atoms with Crippen molar-refractivity contribution in [2.24, 2.45) is 0 Å². The Bertz CT molecular complexity index is 32.0. The van der Waals surface area contributed by atoms with Crippen LogP contribution < -0.4 is 0 Å². The second-order valence-corrected chi connectivity index (χ2v) is 2.32. The van der Waals surface area contributed by atoms with E-state index < -0.39 is 0 Å². The van der Waals surface area contributed by atoms with Gasteiger partial charge in [-0.25, -0.2) is 0 Å². The highest BCUT2D eigenvalue weighted by Gasteiger charge is 1.81. The molecule has 6 heavy (non-hydrogen) atoms. The van der Waals surface area contributed by atoms with E-state index in [0.717, 1.165) is 0 Å². The van der Waals surface area contributed by atoms with Crippen molar-refractivity contribution in [2.75, 3.05) is 20.0 Å². The van der Waals surface area contributed by atoms with E-state index in [1.807, 2.05) is 18.4 Å². The second-order valence-electron chi connectivity index (χ2n) is 1.07. The zero-order valence-electron chi connectivity index (χ0n) is 4.01. The lowest BCUT2D eigenvalue weighted by Gasteiger charge is -2.02. The van der Waals surface area contributed by atoms with Gasteiger partial charge in [0.05, 0.1) is 0 Å². The molecule has 0 rings (SSSR count). The SMILES string of the molecule is CN(C)SCO. The van der Waals surface area contributed by atoms with Gasteiger partial charge in [0, 0.05) is 0 Å². The summed E-state index contributed by atoms with van der Waals surface area (Å²) in [6, 6.07) is 0. The molecule has 2 nitrogen and oxygen atoms in total. The van der Waals surface area contributed by atoms with Gasteiger partial charge in [-0.1, -0.05) is 11.9 Å². The predicted molar refractivity (Wildman–Crippen MR) is 28.4 cm³/mol. The Morgan fingerprint density at radius 3 is 2.17 bits per heavy atom. The minimum absolute atomic E-state index is 0.174. The van der Waals surface area contributed by atoms with Gasteiger partial charge in [0.25, 0.3) is 0 Å². The topological polar surface area (TPSA) is 23.5 Å². The van der Waals surface area contributed by atoms with Crippen molar-refractivity contribution in [3.05, 3.63) is 0 Å². The molecule has 0 aliphatic heterocycles. The monoisotopic (exact) mass is 107 g/mol. The highest BCUT2D eigenvalue weighted by atomic mass is 32.2. The molecule has 0 radical (unpaired) electrons. The Kier molecular flexibility index (Phi) is 3.62. The number of hydrogen-bond acceptors (Lipinski definition) is 3. The van der Waals surface area contributed by atoms with Crippen LogP contribution in [0, 0.1) is 0 Å². The van der Waals surface area contributed by atoms with Gasteiger partial charge in [-0.15, -0.1) is 0 Å². The fourth-order valence-electron chi connectivity index (χ4n) is 0.115. The van der Waals surface area contributed by atoms with E-state index in [1.165, 1.54) is 11.9 Å². The van der Waals surface area contributed by atoms with Crippen LogP contribution in [0.1, 0.15) is 0 Å². The third-order valence-corrected chi connectivity index (χ3v) is 0.948. The summed E-state index contributed by atoms with van der Waals surface area (Å²) in [6.45, 7) is 0. The Balaban J connectivity index is 2.63. The Morgan fingerprint density at radius 2 is 2.17 bits per heavy atom. The van der Waals surface area contributed by atoms with Gasteiger partial charge >= 0.3 is 0 Å². The lowest BCUT2D eigenvalue weighted by Crippen LogP contribution is -1.99. The molecule has 0 saturated heterocycles. The molecule has 0 bridgehead atoms. The molecule has 0 spiro atoms. The maximum absolute atomic E-state index is 8.16. The van der Waals surface area contributed by atoms with Gasteiger partial charge in [-0.2, -0.15) is 0 Å². The summed E-state index contributed by atoms with van der Waals surface area (Å²) in [7, 11) is 3.78. The quantitative estimate of drug-likeness (QED) is 0.401. The van der Waals surface area contributed by atoms with E-state index in [0.29, 0.717) is 0 Å². The van der Waals surface area contributed by atoms with Gasteiger partial charge in [0.1, 0.15) is 5.94 Å². The van der Waals surface area contributed by atoms with Gasteiger partial charge < -0.3 is 5.11 Å². The lowest BCUT2D eigenvalue weighted by atomic mass is 11.3. The van der Waals surface area contributed by atoms with Gasteiger partial charge in [-0.05, 0) is 14.1 Å². The van der Waals surface area contributed by atoms with Gasteiger partial charge in [0.2, 0.25) is 0 Å². The minimum Gasteiger partial charge on any atom is -0.384 e. The molecule has 0 aliphatic carbocycles. The van der Waals surface area contributed by atoms with E-state index >= 15 is 0 Å². The zero-order chi connectivity index (χ0) is 4.99. The van der Waals surface area contributed by atoms with Crippen LogP contribution in [0.4, 0.5) is 0 Å². The van der Waals surface area contributed by atoms with E-state index in [-0.39, 0.29) is 5.94 Å². The number of nitrogens with zero attached hydrogens (tertiary/aromatic N) is 1. The molecule has 0 aromatic carbocycles. The maximum Gasteiger partial charge on any atom is 0.103 e. The maximum atomic E-state index is 8.16. The molecule has 0 heterocycles. The van der Waals surface area contributed by atoms with Gasteiger partial charge in [-0.3, -0.25) is 4.31 Å². The van der Waals surface area contributed by atoms with Crippen molar-refractivity contribution in [3.8, 4) is 0 Å². The summed E-state index contributed by atoms with van der Waals surface area (Å²) in [4.78, 5) is 0. The predicted octanol–water partition coefficient (Wildman–Crippen LogP) is 0.146. The van der Waals surface area contributed by atoms with Crippen LogP contribution in [0.25, 0.3) is 0 Å². The Hall–Kier alpha value is 0.270. The van der Waals surface area contributed by atoms with Crippen molar-refractivity contribution in [1.29, 1.82) is 0 Å². The molecule has 0 unspecified atom stereocenters. The smallest absolute Gasteiger partial charge is 0.103 e. The molecule has 0 aliphatic rings. The summed E-state index contributed by atoms with van der Waals surface area (Å²) >= 11 is 1.37. The lowest BCUT2D eigenvalue weighted by molar-refractivity contribution is 0.370. The van der Waals surface area contributed by atoms with Crippen molar-refractivity contribution < 1.29 is 5.11 Å². The number of aliphatic hydroxyl groups excluding tert-OH is 1. The largest absolute Gasteiger partial charge is 0.384 e. The molecule has 0 amide bonds. The molecule has 0 aromatic rings. The summed E-state index contributed by atoms with van der Waals surface area (Å²) in [5.41, 5.74) is 0. The minimum atomic E-state index is 0.174. The summed E-state index contributed by atoms with van der Waals surface area (Å²) in [5, 5.41) is 8.16. The van der Waals surface area contributed by atoms with Crippen LogP contribution in [0.3, 0.4) is 0 Å². The molecule has 1 N–H and O–H groups in total. The van der Waals surface area contributed by atoms with E-state index in [9.17, 15) is 0 Å². The van der Waals surface area contributed by atoms with Crippen molar-refractivity contribution in [1.82, 2.24) is 4.31 Å². The molecule has 0 saturated carbocycles. The third kappa shape index (κ3) is 4.27. The first-order chi connectivity index (χ1) is 2.77.